The molecule has 1 aliphatic heterocycles. The van der Waals surface area contributed by atoms with E-state index in [9.17, 15) is 0 Å². The molecule has 2 nitrogen and oxygen atoms in total. The molecule has 0 amide bonds. The third kappa shape index (κ3) is 1.70. The summed E-state index contributed by atoms with van der Waals surface area (Å²) in [5, 5.41) is 0. The van der Waals surface area contributed by atoms with E-state index in [4.69, 9.17) is 9.47 Å². The van der Waals surface area contributed by atoms with Gasteiger partial charge in [-0.25, -0.2) is 0 Å². The van der Waals surface area contributed by atoms with Crippen molar-refractivity contribution in [3.63, 3.8) is 0 Å². The van der Waals surface area contributed by atoms with Crippen LogP contribution < -0.4 is 0 Å². The predicted octanol–water partition coefficient (Wildman–Crippen LogP) is 1.88. The van der Waals surface area contributed by atoms with Crippen molar-refractivity contribution in [1.29, 1.82) is 0 Å². The Labute approximate surface area is 67.5 Å². The third-order valence-electron chi connectivity index (χ3n) is 1.74. The van der Waals surface area contributed by atoms with Gasteiger partial charge in [0.1, 0.15) is 12.2 Å². The average Bonchev–Trinajstić information content (AvgIpc) is 2.46. The Balaban J connectivity index is 2.53. The van der Waals surface area contributed by atoms with Crippen LogP contribution in [0, 0.1) is 0 Å². The van der Waals surface area contributed by atoms with Crippen molar-refractivity contribution in [2.45, 2.75) is 31.8 Å². The molecule has 0 aliphatic carbocycles. The van der Waals surface area contributed by atoms with Gasteiger partial charge < -0.3 is 9.47 Å². The van der Waals surface area contributed by atoms with Gasteiger partial charge in [-0.2, -0.15) is 0 Å². The van der Waals surface area contributed by atoms with Crippen molar-refractivity contribution in [2.75, 3.05) is 0 Å². The van der Waals surface area contributed by atoms with Crippen LogP contribution in [0.1, 0.15) is 13.3 Å². The smallest absolute Gasteiger partial charge is 0.159 e. The van der Waals surface area contributed by atoms with Gasteiger partial charge in [0.15, 0.2) is 6.29 Å². The zero-order valence-corrected chi connectivity index (χ0v) is 6.82. The second kappa shape index (κ2) is 3.69. The Morgan fingerprint density at radius 1 is 1.18 bits per heavy atom. The van der Waals surface area contributed by atoms with E-state index in [1.54, 1.807) is 12.2 Å². The summed E-state index contributed by atoms with van der Waals surface area (Å²) in [6.07, 6.45) is 4.26. The summed E-state index contributed by atoms with van der Waals surface area (Å²) in [7, 11) is 0. The SMILES string of the molecule is C=CC1OC(CC)OC1C=C. The molecule has 0 saturated carbocycles. The van der Waals surface area contributed by atoms with Crippen LogP contribution in [0.2, 0.25) is 0 Å². The average molecular weight is 154 g/mol. The van der Waals surface area contributed by atoms with Crippen LogP contribution in [0.5, 0.6) is 0 Å². The summed E-state index contributed by atoms with van der Waals surface area (Å²) in [6, 6.07) is 0. The molecule has 2 atom stereocenters. The van der Waals surface area contributed by atoms with Crippen LogP contribution in [0.4, 0.5) is 0 Å². The summed E-state index contributed by atoms with van der Waals surface area (Å²) in [5.74, 6) is 0. The normalized spacial score (nSPS) is 37.0. The molecule has 0 aromatic carbocycles. The van der Waals surface area contributed by atoms with Gasteiger partial charge >= 0.3 is 0 Å². The van der Waals surface area contributed by atoms with Gasteiger partial charge in [0.25, 0.3) is 0 Å². The lowest BCUT2D eigenvalue weighted by Crippen LogP contribution is -2.16. The van der Waals surface area contributed by atoms with Gasteiger partial charge in [-0.15, -0.1) is 13.2 Å². The first-order valence-corrected chi connectivity index (χ1v) is 3.87. The zero-order chi connectivity index (χ0) is 8.27. The predicted molar refractivity (Wildman–Crippen MR) is 44.2 cm³/mol. The molecule has 0 aromatic heterocycles. The molecule has 1 heterocycles. The van der Waals surface area contributed by atoms with Crippen molar-refractivity contribution in [3.8, 4) is 0 Å². The van der Waals surface area contributed by atoms with Crippen LogP contribution in [0.25, 0.3) is 0 Å². The second-order valence-corrected chi connectivity index (χ2v) is 2.51. The van der Waals surface area contributed by atoms with E-state index in [1.165, 1.54) is 0 Å². The first-order chi connectivity index (χ1) is 5.31. The standard InChI is InChI=1S/C9H14O2/c1-4-7-8(5-2)11-9(6-3)10-7/h4-5,7-9H,1-2,6H2,3H3. The van der Waals surface area contributed by atoms with Gasteiger partial charge in [0.05, 0.1) is 0 Å². The Hall–Kier alpha value is -0.600. The molecule has 0 spiro atoms. The largest absolute Gasteiger partial charge is 0.342 e. The molecule has 2 heteroatoms. The van der Waals surface area contributed by atoms with E-state index in [2.05, 4.69) is 13.2 Å². The monoisotopic (exact) mass is 154 g/mol. The molecular formula is C9H14O2. The molecule has 11 heavy (non-hydrogen) atoms. The molecule has 1 fully saturated rings. The van der Waals surface area contributed by atoms with Gasteiger partial charge in [-0.1, -0.05) is 19.1 Å². The van der Waals surface area contributed by atoms with Gasteiger partial charge in [-0.05, 0) is 6.42 Å². The fraction of sp³-hybridized carbons (Fsp3) is 0.556. The highest BCUT2D eigenvalue weighted by Gasteiger charge is 2.30. The summed E-state index contributed by atoms with van der Waals surface area (Å²) in [6.45, 7) is 9.34. The van der Waals surface area contributed by atoms with Crippen molar-refractivity contribution < 1.29 is 9.47 Å². The van der Waals surface area contributed by atoms with Gasteiger partial charge in [0, 0.05) is 0 Å². The first kappa shape index (κ1) is 8.50. The van der Waals surface area contributed by atoms with Crippen LogP contribution in [-0.4, -0.2) is 18.5 Å². The van der Waals surface area contributed by atoms with E-state index in [-0.39, 0.29) is 18.5 Å². The van der Waals surface area contributed by atoms with Gasteiger partial charge in [0.2, 0.25) is 0 Å². The molecular weight excluding hydrogens is 140 g/mol. The van der Waals surface area contributed by atoms with Gasteiger partial charge in [-0.3, -0.25) is 0 Å². The van der Waals surface area contributed by atoms with Crippen LogP contribution in [-0.2, 0) is 9.47 Å². The van der Waals surface area contributed by atoms with E-state index in [0.717, 1.165) is 6.42 Å². The maximum absolute atomic E-state index is 5.45. The zero-order valence-electron chi connectivity index (χ0n) is 6.82. The molecule has 1 saturated heterocycles. The molecule has 0 bridgehead atoms. The highest BCUT2D eigenvalue weighted by molar-refractivity contribution is 4.99. The summed E-state index contributed by atoms with van der Waals surface area (Å²) in [5.41, 5.74) is 0. The minimum absolute atomic E-state index is 0.0163. The molecule has 62 valence electrons. The molecule has 0 N–H and O–H groups in total. The first-order valence-electron chi connectivity index (χ1n) is 3.87. The summed E-state index contributed by atoms with van der Waals surface area (Å²) >= 11 is 0. The van der Waals surface area contributed by atoms with Crippen LogP contribution >= 0.6 is 0 Å². The van der Waals surface area contributed by atoms with E-state index < -0.39 is 0 Å². The van der Waals surface area contributed by atoms with Crippen LogP contribution in [0.15, 0.2) is 25.3 Å². The fourth-order valence-electron chi connectivity index (χ4n) is 1.11. The van der Waals surface area contributed by atoms with E-state index in [1.807, 2.05) is 6.92 Å². The Kier molecular flexibility index (Phi) is 2.85. The van der Waals surface area contributed by atoms with E-state index in [0.29, 0.717) is 0 Å². The fourth-order valence-corrected chi connectivity index (χ4v) is 1.11. The highest BCUT2D eigenvalue weighted by atomic mass is 16.7. The minimum atomic E-state index is -0.0824. The second-order valence-electron chi connectivity index (χ2n) is 2.51. The summed E-state index contributed by atoms with van der Waals surface area (Å²) < 4.78 is 10.9. The summed E-state index contributed by atoms with van der Waals surface area (Å²) in [4.78, 5) is 0. The van der Waals surface area contributed by atoms with E-state index >= 15 is 0 Å². The Morgan fingerprint density at radius 3 is 1.91 bits per heavy atom. The lowest BCUT2D eigenvalue weighted by atomic mass is 10.2. The van der Waals surface area contributed by atoms with Crippen LogP contribution in [0.3, 0.4) is 0 Å². The van der Waals surface area contributed by atoms with Crippen molar-refractivity contribution in [3.05, 3.63) is 25.3 Å². The van der Waals surface area contributed by atoms with Crippen molar-refractivity contribution in [2.24, 2.45) is 0 Å². The molecule has 1 rings (SSSR count). The number of ether oxygens (including phenoxy) is 2. The maximum atomic E-state index is 5.45. The molecule has 2 unspecified atom stereocenters. The molecule has 1 aliphatic rings. The topological polar surface area (TPSA) is 18.5 Å². The number of rotatable bonds is 3. The van der Waals surface area contributed by atoms with Crippen molar-refractivity contribution in [1.82, 2.24) is 0 Å². The third-order valence-corrected chi connectivity index (χ3v) is 1.74. The number of hydrogen-bond donors (Lipinski definition) is 0. The molecule has 0 radical (unpaired) electrons. The maximum Gasteiger partial charge on any atom is 0.159 e. The Bertz CT molecular complexity index is 138. The molecule has 0 aromatic rings. The lowest BCUT2D eigenvalue weighted by Gasteiger charge is -2.05. The number of hydrogen-bond acceptors (Lipinski definition) is 2. The van der Waals surface area contributed by atoms with Crippen molar-refractivity contribution >= 4 is 0 Å². The lowest BCUT2D eigenvalue weighted by molar-refractivity contribution is -0.0582. The highest BCUT2D eigenvalue weighted by Crippen LogP contribution is 2.22. The quantitative estimate of drug-likeness (QED) is 0.578. The Morgan fingerprint density at radius 2 is 1.64 bits per heavy atom. The minimum Gasteiger partial charge on any atom is -0.342 e.